The van der Waals surface area contributed by atoms with Gasteiger partial charge in [0.05, 0.1) is 6.10 Å². The third-order valence-corrected chi connectivity index (χ3v) is 4.61. The van der Waals surface area contributed by atoms with E-state index in [0.717, 1.165) is 0 Å². The maximum Gasteiger partial charge on any atom is 0.330 e. The van der Waals surface area contributed by atoms with Gasteiger partial charge in [0, 0.05) is 36.2 Å². The molecule has 3 N–H and O–H groups in total. The lowest BCUT2D eigenvalue weighted by molar-refractivity contribution is -0.0187. The molecule has 144 valence electrons. The Morgan fingerprint density at radius 1 is 1.33 bits per heavy atom. The molecule has 1 amide bonds. The molecule has 0 spiro atoms. The fraction of sp³-hybridized carbons (Fsp3) is 0.389. The zero-order valence-corrected chi connectivity index (χ0v) is 15.2. The van der Waals surface area contributed by atoms with Crippen molar-refractivity contribution in [2.75, 3.05) is 12.4 Å². The van der Waals surface area contributed by atoms with E-state index in [2.05, 4.69) is 10.3 Å². The predicted octanol–water partition coefficient (Wildman–Crippen LogP) is 0.396. The molecule has 1 saturated heterocycles. The number of benzene rings is 1. The van der Waals surface area contributed by atoms with Crippen molar-refractivity contribution >= 4 is 17.5 Å². The summed E-state index contributed by atoms with van der Waals surface area (Å²) in [5.41, 5.74) is -0.237. The summed E-state index contributed by atoms with van der Waals surface area (Å²) < 4.78 is 6.98. The summed E-state index contributed by atoms with van der Waals surface area (Å²) in [5, 5.41) is 12.9. The van der Waals surface area contributed by atoms with Gasteiger partial charge in [0.2, 0.25) is 0 Å². The summed E-state index contributed by atoms with van der Waals surface area (Å²) in [6.45, 7) is 0.0953. The average molecular weight is 394 g/mol. The van der Waals surface area contributed by atoms with Crippen LogP contribution in [-0.2, 0) is 11.2 Å². The topological polar surface area (TPSA) is 113 Å². The molecular formula is C18H20ClN3O5. The number of alkyl halides is 1. The van der Waals surface area contributed by atoms with Gasteiger partial charge >= 0.3 is 5.69 Å². The second-order valence-corrected chi connectivity index (χ2v) is 6.65. The number of aryl methyl sites for hydroxylation is 1. The predicted molar refractivity (Wildman–Crippen MR) is 99.1 cm³/mol. The first kappa shape index (κ1) is 19.3. The minimum absolute atomic E-state index is 0.0953. The SMILES string of the molecule is O=C(NC[C@@H]1O[C@H](n2cc(CCCl)c(=O)[nH]c2=O)CC1O)c1ccccc1. The first-order valence-electron chi connectivity index (χ1n) is 8.56. The Labute approximate surface area is 159 Å². The molecule has 2 aromatic rings. The fourth-order valence-electron chi connectivity index (χ4n) is 2.98. The van der Waals surface area contributed by atoms with Crippen molar-refractivity contribution in [3.8, 4) is 0 Å². The number of nitrogens with zero attached hydrogens (tertiary/aromatic N) is 1. The number of hydrogen-bond donors (Lipinski definition) is 3. The number of aromatic amines is 1. The van der Waals surface area contributed by atoms with E-state index in [1.54, 1.807) is 24.3 Å². The highest BCUT2D eigenvalue weighted by Gasteiger charge is 2.35. The van der Waals surface area contributed by atoms with E-state index in [-0.39, 0.29) is 24.8 Å². The van der Waals surface area contributed by atoms with Gasteiger partial charge in [-0.2, -0.15) is 0 Å². The van der Waals surface area contributed by atoms with Crippen LogP contribution in [0.1, 0.15) is 28.6 Å². The molecule has 0 bridgehead atoms. The molecule has 2 heterocycles. The molecule has 8 nitrogen and oxygen atoms in total. The number of carbonyl (C=O) groups excluding carboxylic acids is 1. The molecule has 3 rings (SSSR count). The number of hydrogen-bond acceptors (Lipinski definition) is 5. The van der Waals surface area contributed by atoms with Crippen LogP contribution in [0, 0.1) is 0 Å². The monoisotopic (exact) mass is 393 g/mol. The Bertz CT molecular complexity index is 911. The standard InChI is InChI=1S/C18H20ClN3O5/c19-7-6-12-10-22(18(26)21-17(12)25)15-8-13(23)14(27-15)9-20-16(24)11-4-2-1-3-5-11/h1-5,10,13-15,23H,6-9H2,(H,20,24)(H,21,25,26)/t13?,14-,15-/m0/s1. The first-order valence-corrected chi connectivity index (χ1v) is 9.10. The maximum atomic E-state index is 12.1. The van der Waals surface area contributed by atoms with E-state index in [9.17, 15) is 19.5 Å². The first-order chi connectivity index (χ1) is 13.0. The van der Waals surface area contributed by atoms with Gasteiger partial charge in [-0.15, -0.1) is 11.6 Å². The van der Waals surface area contributed by atoms with E-state index in [4.69, 9.17) is 16.3 Å². The number of ether oxygens (including phenoxy) is 1. The number of amides is 1. The highest BCUT2D eigenvalue weighted by atomic mass is 35.5. The summed E-state index contributed by atoms with van der Waals surface area (Å²) in [6, 6.07) is 8.69. The summed E-state index contributed by atoms with van der Waals surface area (Å²) in [7, 11) is 0. The largest absolute Gasteiger partial charge is 0.390 e. The maximum absolute atomic E-state index is 12.1. The lowest BCUT2D eigenvalue weighted by Gasteiger charge is -2.17. The van der Waals surface area contributed by atoms with Crippen LogP contribution in [0.5, 0.6) is 0 Å². The summed E-state index contributed by atoms with van der Waals surface area (Å²) in [6.07, 6.45) is -0.385. The zero-order valence-electron chi connectivity index (χ0n) is 14.4. The molecule has 0 radical (unpaired) electrons. The minimum Gasteiger partial charge on any atom is -0.390 e. The van der Waals surface area contributed by atoms with Crippen LogP contribution >= 0.6 is 11.6 Å². The molecule has 27 heavy (non-hydrogen) atoms. The highest BCUT2D eigenvalue weighted by Crippen LogP contribution is 2.27. The van der Waals surface area contributed by atoms with E-state index < -0.39 is 29.7 Å². The molecule has 9 heteroatoms. The number of rotatable bonds is 6. The quantitative estimate of drug-likeness (QED) is 0.615. The molecule has 0 saturated carbocycles. The van der Waals surface area contributed by atoms with Crippen molar-refractivity contribution in [1.29, 1.82) is 0 Å². The van der Waals surface area contributed by atoms with Gasteiger partial charge in [-0.3, -0.25) is 19.1 Å². The van der Waals surface area contributed by atoms with Gasteiger partial charge in [-0.1, -0.05) is 18.2 Å². The third-order valence-electron chi connectivity index (χ3n) is 4.42. The van der Waals surface area contributed by atoms with Crippen LogP contribution < -0.4 is 16.6 Å². The lowest BCUT2D eigenvalue weighted by Crippen LogP contribution is -2.37. The van der Waals surface area contributed by atoms with Gasteiger partial charge in [0.1, 0.15) is 12.3 Å². The van der Waals surface area contributed by atoms with E-state index in [0.29, 0.717) is 17.5 Å². The molecule has 3 atom stereocenters. The van der Waals surface area contributed by atoms with Crippen LogP contribution in [0.3, 0.4) is 0 Å². The van der Waals surface area contributed by atoms with Gasteiger partial charge < -0.3 is 15.2 Å². The minimum atomic E-state index is -0.860. The lowest BCUT2D eigenvalue weighted by atomic mass is 10.1. The van der Waals surface area contributed by atoms with Gasteiger partial charge in [-0.05, 0) is 18.6 Å². The Morgan fingerprint density at radius 3 is 2.78 bits per heavy atom. The summed E-state index contributed by atoms with van der Waals surface area (Å²) in [5.74, 6) is -0.0377. The molecule has 1 aromatic heterocycles. The fourth-order valence-corrected chi connectivity index (χ4v) is 3.18. The number of H-pyrrole nitrogens is 1. The van der Waals surface area contributed by atoms with E-state index >= 15 is 0 Å². The van der Waals surface area contributed by atoms with Crippen molar-refractivity contribution in [2.24, 2.45) is 0 Å². The van der Waals surface area contributed by atoms with Crippen LogP contribution in [0.15, 0.2) is 46.1 Å². The van der Waals surface area contributed by atoms with Crippen LogP contribution in [0.25, 0.3) is 0 Å². The number of halogens is 1. The van der Waals surface area contributed by atoms with Gasteiger partial charge in [-0.25, -0.2) is 4.79 Å². The second-order valence-electron chi connectivity index (χ2n) is 6.27. The zero-order chi connectivity index (χ0) is 19.4. The van der Waals surface area contributed by atoms with Crippen molar-refractivity contribution < 1.29 is 14.6 Å². The molecule has 0 aliphatic carbocycles. The Balaban J connectivity index is 1.68. The normalized spacial score (nSPS) is 21.9. The van der Waals surface area contributed by atoms with Crippen molar-refractivity contribution in [3.05, 3.63) is 68.5 Å². The number of nitrogens with one attached hydrogen (secondary N) is 2. The van der Waals surface area contributed by atoms with Crippen molar-refractivity contribution in [1.82, 2.24) is 14.9 Å². The van der Waals surface area contributed by atoms with Gasteiger partial charge in [0.15, 0.2) is 0 Å². The summed E-state index contributed by atoms with van der Waals surface area (Å²) >= 11 is 5.68. The highest BCUT2D eigenvalue weighted by molar-refractivity contribution is 6.17. The van der Waals surface area contributed by atoms with Crippen molar-refractivity contribution in [3.63, 3.8) is 0 Å². The molecule has 1 unspecified atom stereocenters. The van der Waals surface area contributed by atoms with Crippen LogP contribution in [0.4, 0.5) is 0 Å². The molecule has 1 aliphatic heterocycles. The smallest absolute Gasteiger partial charge is 0.330 e. The Kier molecular flexibility index (Phi) is 6.10. The average Bonchev–Trinajstić information content (AvgIpc) is 3.03. The number of aliphatic hydroxyl groups excluding tert-OH is 1. The van der Waals surface area contributed by atoms with Gasteiger partial charge in [0.25, 0.3) is 11.5 Å². The molecule has 1 fully saturated rings. The second kappa shape index (κ2) is 8.51. The Morgan fingerprint density at radius 2 is 2.07 bits per heavy atom. The van der Waals surface area contributed by atoms with E-state index in [1.165, 1.54) is 10.8 Å². The number of aromatic nitrogens is 2. The summed E-state index contributed by atoms with van der Waals surface area (Å²) in [4.78, 5) is 38.2. The van der Waals surface area contributed by atoms with E-state index in [1.807, 2.05) is 6.07 Å². The van der Waals surface area contributed by atoms with Crippen molar-refractivity contribution in [2.45, 2.75) is 31.3 Å². The molecule has 1 aromatic carbocycles. The van der Waals surface area contributed by atoms with Crippen LogP contribution in [-0.4, -0.2) is 45.2 Å². The molecular weight excluding hydrogens is 374 g/mol. The number of carbonyl (C=O) groups is 1. The number of aliphatic hydroxyl groups is 1. The molecule has 1 aliphatic rings. The van der Waals surface area contributed by atoms with Crippen LogP contribution in [0.2, 0.25) is 0 Å². The Hall–Kier alpha value is -2.42. The third kappa shape index (κ3) is 4.47.